The third-order valence-electron chi connectivity index (χ3n) is 5.51. The predicted molar refractivity (Wildman–Crippen MR) is 127 cm³/mol. The Bertz CT molecular complexity index is 1400. The summed E-state index contributed by atoms with van der Waals surface area (Å²) in [6, 6.07) is 21.6. The molecule has 0 aliphatic rings. The zero-order valence-corrected chi connectivity index (χ0v) is 18.2. The van der Waals surface area contributed by atoms with E-state index >= 15 is 0 Å². The average molecular weight is 438 g/mol. The number of fused-ring (bicyclic) bond motifs is 1. The van der Waals surface area contributed by atoms with Crippen LogP contribution in [0.25, 0.3) is 22.5 Å². The van der Waals surface area contributed by atoms with E-state index in [0.717, 1.165) is 33.8 Å². The van der Waals surface area contributed by atoms with Crippen molar-refractivity contribution in [2.24, 2.45) is 0 Å². The molecule has 0 atom stereocenters. The molecule has 0 fully saturated rings. The molecular formula is C26H23N5O2. The first-order chi connectivity index (χ1) is 16.2. The minimum atomic E-state index is -0.200. The van der Waals surface area contributed by atoms with Crippen LogP contribution in [0.15, 0.2) is 91.5 Å². The molecular weight excluding hydrogens is 414 g/mol. The summed E-state index contributed by atoms with van der Waals surface area (Å²) in [5, 5.41) is 7.45. The van der Waals surface area contributed by atoms with Gasteiger partial charge in [0.25, 0.3) is 5.91 Å². The molecule has 7 nitrogen and oxygen atoms in total. The fourth-order valence-electron chi connectivity index (χ4n) is 3.79. The van der Waals surface area contributed by atoms with Gasteiger partial charge in [-0.25, -0.2) is 4.68 Å². The molecule has 164 valence electrons. The standard InChI is InChI=1S/C26H23N5O2/c1-33-23-6-2-4-19(16-23)11-14-28-26(32)24-12-15-31(29-24)25-10-9-22-8-7-21(18-30(22)25)20-5-3-13-27-17-20/h2-10,12-13,15-18H,11,14H2,1H3,(H,28,32). The van der Waals surface area contributed by atoms with E-state index < -0.39 is 0 Å². The Hall–Kier alpha value is -4.39. The Morgan fingerprint density at radius 3 is 2.79 bits per heavy atom. The molecule has 5 rings (SSSR count). The molecule has 0 unspecified atom stereocenters. The molecule has 5 aromatic rings. The van der Waals surface area contributed by atoms with Crippen molar-refractivity contribution in [1.29, 1.82) is 0 Å². The van der Waals surface area contributed by atoms with E-state index in [1.54, 1.807) is 30.3 Å². The smallest absolute Gasteiger partial charge is 0.271 e. The number of rotatable bonds is 7. The summed E-state index contributed by atoms with van der Waals surface area (Å²) in [5.41, 5.74) is 4.60. The number of amides is 1. The Labute approximate surface area is 191 Å². The molecule has 0 saturated carbocycles. The monoisotopic (exact) mass is 437 g/mol. The Morgan fingerprint density at radius 2 is 1.94 bits per heavy atom. The third-order valence-corrected chi connectivity index (χ3v) is 5.51. The zero-order chi connectivity index (χ0) is 22.6. The van der Waals surface area contributed by atoms with Gasteiger partial charge in [-0.1, -0.05) is 24.3 Å². The van der Waals surface area contributed by atoms with Crippen LogP contribution in [0.3, 0.4) is 0 Å². The molecule has 4 aromatic heterocycles. The highest BCUT2D eigenvalue weighted by molar-refractivity contribution is 5.92. The van der Waals surface area contributed by atoms with Crippen LogP contribution in [0.4, 0.5) is 0 Å². The van der Waals surface area contributed by atoms with Crippen molar-refractivity contribution in [3.63, 3.8) is 0 Å². The highest BCUT2D eigenvalue weighted by Gasteiger charge is 2.12. The van der Waals surface area contributed by atoms with Gasteiger partial charge in [-0.05, 0) is 60.0 Å². The Balaban J connectivity index is 1.31. The normalized spacial score (nSPS) is 10.9. The lowest BCUT2D eigenvalue weighted by atomic mass is 10.1. The molecule has 0 saturated heterocycles. The predicted octanol–water partition coefficient (Wildman–Crippen LogP) is 4.17. The topological polar surface area (TPSA) is 73.5 Å². The summed E-state index contributed by atoms with van der Waals surface area (Å²) in [5.74, 6) is 1.46. The summed E-state index contributed by atoms with van der Waals surface area (Å²) >= 11 is 0. The minimum absolute atomic E-state index is 0.200. The van der Waals surface area contributed by atoms with Crippen molar-refractivity contribution in [3.8, 4) is 22.7 Å². The van der Waals surface area contributed by atoms with Gasteiger partial charge in [0.15, 0.2) is 5.69 Å². The molecule has 1 aromatic carbocycles. The van der Waals surface area contributed by atoms with Gasteiger partial charge in [0, 0.05) is 42.4 Å². The number of methoxy groups -OCH3 is 1. The minimum Gasteiger partial charge on any atom is -0.497 e. The van der Waals surface area contributed by atoms with Gasteiger partial charge >= 0.3 is 0 Å². The van der Waals surface area contributed by atoms with Crippen LogP contribution in [-0.4, -0.2) is 38.7 Å². The largest absolute Gasteiger partial charge is 0.497 e. The molecule has 0 aliphatic carbocycles. The van der Waals surface area contributed by atoms with E-state index in [2.05, 4.69) is 38.1 Å². The van der Waals surface area contributed by atoms with Gasteiger partial charge in [-0.3, -0.25) is 9.78 Å². The van der Waals surface area contributed by atoms with Gasteiger partial charge in [0.2, 0.25) is 0 Å². The number of carbonyl (C=O) groups excluding carboxylic acids is 1. The molecule has 0 spiro atoms. The van der Waals surface area contributed by atoms with Gasteiger partial charge in [0.05, 0.1) is 7.11 Å². The molecule has 4 heterocycles. The third kappa shape index (κ3) is 4.34. The van der Waals surface area contributed by atoms with Gasteiger partial charge < -0.3 is 14.5 Å². The first-order valence-electron chi connectivity index (χ1n) is 10.7. The van der Waals surface area contributed by atoms with Crippen LogP contribution in [0, 0.1) is 0 Å². The highest BCUT2D eigenvalue weighted by Crippen LogP contribution is 2.22. The van der Waals surface area contributed by atoms with E-state index in [-0.39, 0.29) is 5.91 Å². The second-order valence-corrected chi connectivity index (χ2v) is 7.65. The van der Waals surface area contributed by atoms with Crippen molar-refractivity contribution < 1.29 is 9.53 Å². The van der Waals surface area contributed by atoms with Crippen molar-refractivity contribution in [2.75, 3.05) is 13.7 Å². The summed E-state index contributed by atoms with van der Waals surface area (Å²) < 4.78 is 9.02. The Kier molecular flexibility index (Phi) is 5.59. The maximum atomic E-state index is 12.6. The first-order valence-corrected chi connectivity index (χ1v) is 10.7. The molecule has 7 heteroatoms. The number of nitrogens with one attached hydrogen (secondary N) is 1. The number of hydrogen-bond donors (Lipinski definition) is 1. The number of benzene rings is 1. The fraction of sp³-hybridized carbons (Fsp3) is 0.115. The summed E-state index contributed by atoms with van der Waals surface area (Å²) in [6.07, 6.45) is 8.17. The maximum Gasteiger partial charge on any atom is 0.271 e. The van der Waals surface area contributed by atoms with Gasteiger partial charge in [-0.15, -0.1) is 0 Å². The first kappa shape index (κ1) is 20.5. The maximum absolute atomic E-state index is 12.6. The number of pyridine rings is 2. The molecule has 33 heavy (non-hydrogen) atoms. The van der Waals surface area contributed by atoms with Crippen molar-refractivity contribution in [2.45, 2.75) is 6.42 Å². The molecule has 0 aliphatic heterocycles. The SMILES string of the molecule is COc1cccc(CCNC(=O)c2ccn(-c3ccc4ccc(-c5cccnc5)cn34)n2)c1. The lowest BCUT2D eigenvalue weighted by Crippen LogP contribution is -2.26. The van der Waals surface area contributed by atoms with Crippen LogP contribution in [0.2, 0.25) is 0 Å². The van der Waals surface area contributed by atoms with E-state index in [1.165, 1.54) is 0 Å². The lowest BCUT2D eigenvalue weighted by Gasteiger charge is -2.07. The van der Waals surface area contributed by atoms with E-state index in [9.17, 15) is 4.79 Å². The average Bonchev–Trinajstić information content (AvgIpc) is 3.51. The quantitative estimate of drug-likeness (QED) is 0.415. The fourth-order valence-corrected chi connectivity index (χ4v) is 3.79. The number of aromatic nitrogens is 4. The van der Waals surface area contributed by atoms with Crippen molar-refractivity contribution in [1.82, 2.24) is 24.5 Å². The number of hydrogen-bond acceptors (Lipinski definition) is 4. The molecule has 0 radical (unpaired) electrons. The van der Waals surface area contributed by atoms with E-state index in [0.29, 0.717) is 18.7 Å². The van der Waals surface area contributed by atoms with Crippen molar-refractivity contribution >= 4 is 11.4 Å². The number of carbonyl (C=O) groups is 1. The van der Waals surface area contributed by atoms with Crippen LogP contribution >= 0.6 is 0 Å². The summed E-state index contributed by atoms with van der Waals surface area (Å²) in [7, 11) is 1.64. The van der Waals surface area contributed by atoms with E-state index in [1.807, 2.05) is 54.7 Å². The van der Waals surface area contributed by atoms with Crippen LogP contribution < -0.4 is 10.1 Å². The van der Waals surface area contributed by atoms with Gasteiger partial charge in [-0.2, -0.15) is 5.10 Å². The number of ether oxygens (including phenoxy) is 1. The molecule has 0 bridgehead atoms. The highest BCUT2D eigenvalue weighted by atomic mass is 16.5. The lowest BCUT2D eigenvalue weighted by molar-refractivity contribution is 0.0948. The van der Waals surface area contributed by atoms with Crippen LogP contribution in [0.5, 0.6) is 5.75 Å². The molecule has 1 N–H and O–H groups in total. The zero-order valence-electron chi connectivity index (χ0n) is 18.2. The summed E-state index contributed by atoms with van der Waals surface area (Å²) in [6.45, 7) is 0.515. The van der Waals surface area contributed by atoms with Gasteiger partial charge in [0.1, 0.15) is 11.6 Å². The van der Waals surface area contributed by atoms with Crippen LogP contribution in [-0.2, 0) is 6.42 Å². The molecule has 1 amide bonds. The number of nitrogens with zero attached hydrogens (tertiary/aromatic N) is 4. The second-order valence-electron chi connectivity index (χ2n) is 7.65. The summed E-state index contributed by atoms with van der Waals surface area (Å²) in [4.78, 5) is 16.8. The second kappa shape index (κ2) is 9.00. The van der Waals surface area contributed by atoms with E-state index in [4.69, 9.17) is 4.74 Å². The van der Waals surface area contributed by atoms with Crippen molar-refractivity contribution in [3.05, 3.63) is 103 Å². The Morgan fingerprint density at radius 1 is 1.03 bits per heavy atom. The van der Waals surface area contributed by atoms with Crippen LogP contribution in [0.1, 0.15) is 16.1 Å².